The van der Waals surface area contributed by atoms with Gasteiger partial charge in [-0.05, 0) is 154 Å². The maximum atomic E-state index is 13.9. The van der Waals surface area contributed by atoms with Crippen LogP contribution in [0.5, 0.6) is 0 Å². The van der Waals surface area contributed by atoms with Crippen molar-refractivity contribution in [1.29, 1.82) is 0 Å². The molecule has 0 spiro atoms. The largest absolute Gasteiger partial charge is 0.481 e. The summed E-state index contributed by atoms with van der Waals surface area (Å²) in [7, 11) is 5.12. The van der Waals surface area contributed by atoms with Gasteiger partial charge in [-0.1, -0.05) is 206 Å². The number of benzene rings is 8. The number of aromatic nitrogens is 8. The first kappa shape index (κ1) is 88.1. The fourth-order valence-electron chi connectivity index (χ4n) is 17.0. The third kappa shape index (κ3) is 20.4. The highest BCUT2D eigenvalue weighted by Crippen LogP contribution is 2.40. The quantitative estimate of drug-likeness (QED) is 0.0218. The number of esters is 1. The number of nitrogens with one attached hydrogen (secondary N) is 7. The summed E-state index contributed by atoms with van der Waals surface area (Å²) in [6.07, 6.45) is 15.3. The van der Waals surface area contributed by atoms with Gasteiger partial charge in [0.1, 0.15) is 41.4 Å². The van der Waals surface area contributed by atoms with Gasteiger partial charge in [-0.2, -0.15) is 0 Å². The van der Waals surface area contributed by atoms with Crippen molar-refractivity contribution in [3.63, 3.8) is 0 Å². The second-order valence-electron chi connectivity index (χ2n) is 32.3. The molecular formula is C97H108N14O13. The van der Waals surface area contributed by atoms with E-state index in [1.165, 1.54) is 64.9 Å². The number of carbonyl (C=O) groups is 8. The number of carboxylic acids is 1. The van der Waals surface area contributed by atoms with Crippen LogP contribution >= 0.6 is 0 Å². The Morgan fingerprint density at radius 2 is 0.718 bits per heavy atom. The Morgan fingerprint density at radius 3 is 1.10 bits per heavy atom. The summed E-state index contributed by atoms with van der Waals surface area (Å²) >= 11 is 0. The van der Waals surface area contributed by atoms with Crippen LogP contribution in [-0.2, 0) is 42.9 Å². The highest BCUT2D eigenvalue weighted by molar-refractivity contribution is 5.94. The molecule has 27 nitrogen and oxygen atoms in total. The van der Waals surface area contributed by atoms with Crippen LogP contribution in [0.2, 0.25) is 0 Å². The first-order valence-corrected chi connectivity index (χ1v) is 42.0. The highest BCUT2D eigenvalue weighted by atomic mass is 16.5. The standard InChI is InChI=1S/C47H50N8O6.C38H42N6O3.C11H12O4.CH4/c1-28(2)40(52-46(58)60-3)44(56)54-22-8-12-38(54)42-48-26-36(50-42)30-16-14-29(15-17-30)32-18-19-34-25-35(21-20-33(34)24-32)37-27-49-43(51-37)39-13-9-23-55(39)45(57)41(53-47(59)61-4)31-10-6-5-7-11-31;1-23(2)34(43-38(46)47-3)37(45)44-18-6-9-33(44)36-40-21-31(42-36)25-12-10-24(11-13-25)27-14-15-29-20-30(17-16-28(29)19-27)32-22-39-35(41-32)26-7-4-5-8-26;1-15-10(12)7-9(11(13)14)8-5-3-2-4-6-8;/h5-7,10-11,14-21,24-28,38-41H,8-9,12-13,22-23H2,1-4H3,(H,48,50)(H,49,51)(H,52,58)(H,53,59);10-17,19-23,26,33-34H,4-9,18H2,1-3H3,(H,39,41)(H,40,42)(H,43,46);2-6,9H,7H2,1H3,(H,13,14);1H4/t38-,39-,40-,41+;33-,34-;9-;/m001./s1. The molecule has 0 radical (unpaired) electrons. The number of hydrogen-bond acceptors (Lipinski definition) is 16. The van der Waals surface area contributed by atoms with Crippen molar-refractivity contribution in [2.75, 3.05) is 48.1 Å². The summed E-state index contributed by atoms with van der Waals surface area (Å²) in [5.41, 5.74) is 13.6. The minimum atomic E-state index is -1.02. The number of hydrogen-bond donors (Lipinski definition) is 8. The van der Waals surface area contributed by atoms with Gasteiger partial charge in [0, 0.05) is 36.7 Å². The molecule has 1 saturated carbocycles. The van der Waals surface area contributed by atoms with E-state index in [-0.39, 0.29) is 61.5 Å². The highest BCUT2D eigenvalue weighted by Gasteiger charge is 2.41. The lowest BCUT2D eigenvalue weighted by Crippen LogP contribution is -2.51. The van der Waals surface area contributed by atoms with E-state index in [9.17, 15) is 38.4 Å². The minimum absolute atomic E-state index is 0. The molecule has 0 bridgehead atoms. The predicted molar refractivity (Wildman–Crippen MR) is 475 cm³/mol. The van der Waals surface area contributed by atoms with Crippen molar-refractivity contribution < 1.29 is 62.4 Å². The maximum Gasteiger partial charge on any atom is 0.407 e. The Bertz CT molecular complexity index is 5720. The molecule has 27 heteroatoms. The van der Waals surface area contributed by atoms with Crippen molar-refractivity contribution in [3.8, 4) is 67.3 Å². The monoisotopic (exact) mass is 1680 g/mol. The lowest BCUT2D eigenvalue weighted by atomic mass is 9.96. The van der Waals surface area contributed by atoms with Crippen molar-refractivity contribution >= 4 is 69.5 Å². The second kappa shape index (κ2) is 40.3. The lowest BCUT2D eigenvalue weighted by molar-refractivity contribution is -0.147. The average molecular weight is 1680 g/mol. The molecule has 8 aromatic carbocycles. The summed E-state index contributed by atoms with van der Waals surface area (Å²) in [6, 6.07) is 57.7. The van der Waals surface area contributed by atoms with Gasteiger partial charge in [0.05, 0.1) is 106 Å². The van der Waals surface area contributed by atoms with Gasteiger partial charge in [-0.3, -0.25) is 24.0 Å². The fraction of sp³-hybridized carbons (Fsp3) is 0.340. The van der Waals surface area contributed by atoms with Gasteiger partial charge in [0.2, 0.25) is 11.8 Å². The van der Waals surface area contributed by atoms with E-state index in [0.717, 1.165) is 134 Å². The normalized spacial score (nSPS) is 16.6. The topological polar surface area (TPSA) is 354 Å². The number of rotatable bonds is 23. The number of carboxylic acid groups (broad SMARTS) is 1. The number of ether oxygens (including phenoxy) is 4. The number of imidazole rings is 4. The van der Waals surface area contributed by atoms with Gasteiger partial charge in [-0.25, -0.2) is 34.3 Å². The zero-order valence-electron chi connectivity index (χ0n) is 70.3. The first-order valence-electron chi connectivity index (χ1n) is 42.0. The van der Waals surface area contributed by atoms with Gasteiger partial charge in [-0.15, -0.1) is 0 Å². The van der Waals surface area contributed by atoms with Crippen LogP contribution in [0.3, 0.4) is 0 Å². The number of fused-ring (bicyclic) bond motifs is 2. The summed E-state index contributed by atoms with van der Waals surface area (Å²) in [5.74, 6) is 0.860. The van der Waals surface area contributed by atoms with Crippen LogP contribution in [-0.4, -0.2) is 168 Å². The summed E-state index contributed by atoms with van der Waals surface area (Å²) in [6.45, 7) is 9.41. The van der Waals surface area contributed by atoms with E-state index in [2.05, 4.69) is 167 Å². The van der Waals surface area contributed by atoms with E-state index in [1.54, 1.807) is 35.2 Å². The molecule has 1 aliphatic carbocycles. The molecule has 4 fully saturated rings. The van der Waals surface area contributed by atoms with Gasteiger partial charge in [0.25, 0.3) is 5.91 Å². The van der Waals surface area contributed by atoms with Crippen LogP contribution in [0.15, 0.2) is 207 Å². The molecule has 8 N–H and O–H groups in total. The van der Waals surface area contributed by atoms with Crippen LogP contribution < -0.4 is 16.0 Å². The molecule has 6 amide bonds. The summed E-state index contributed by atoms with van der Waals surface area (Å²) < 4.78 is 18.8. The van der Waals surface area contributed by atoms with Crippen LogP contribution in [0.25, 0.3) is 88.8 Å². The van der Waals surface area contributed by atoms with Gasteiger partial charge >= 0.3 is 30.2 Å². The molecular weight excluding hydrogens is 1570 g/mol. The number of amides is 6. The molecule has 4 aliphatic rings. The number of alkyl carbamates (subject to hydrolysis) is 3. The van der Waals surface area contributed by atoms with E-state index in [4.69, 9.17) is 34.3 Å². The van der Waals surface area contributed by atoms with Crippen LogP contribution in [0, 0.1) is 11.8 Å². The van der Waals surface area contributed by atoms with Gasteiger partial charge < -0.3 is 74.6 Å². The molecule has 7 atom stereocenters. The van der Waals surface area contributed by atoms with E-state index >= 15 is 0 Å². The molecule has 3 aliphatic heterocycles. The smallest absolute Gasteiger partial charge is 0.407 e. The Balaban J connectivity index is 0.000000185. The lowest BCUT2D eigenvalue weighted by Gasteiger charge is -2.30. The van der Waals surface area contributed by atoms with Crippen LogP contribution in [0.4, 0.5) is 14.4 Å². The molecule has 3 saturated heterocycles. The first-order chi connectivity index (χ1) is 59.6. The zero-order chi connectivity index (χ0) is 86.4. The molecule has 644 valence electrons. The molecule has 7 heterocycles. The summed E-state index contributed by atoms with van der Waals surface area (Å²) in [5, 5.41) is 21.7. The maximum absolute atomic E-state index is 13.9. The van der Waals surface area contributed by atoms with E-state index in [0.29, 0.717) is 42.5 Å². The molecule has 124 heavy (non-hydrogen) atoms. The molecule has 4 aromatic heterocycles. The Labute approximate surface area is 720 Å². The van der Waals surface area contributed by atoms with Crippen molar-refractivity contribution in [1.82, 2.24) is 70.5 Å². The number of likely N-dealkylation sites (tertiary alicyclic amines) is 3. The third-order valence-corrected chi connectivity index (χ3v) is 23.7. The number of carbonyl (C=O) groups excluding carboxylic acids is 7. The molecule has 16 rings (SSSR count). The van der Waals surface area contributed by atoms with Crippen molar-refractivity contribution in [2.24, 2.45) is 11.8 Å². The SMILES string of the molecule is C.COC(=O)C[C@@H](C(=O)O)c1ccccc1.COC(=O)N[C@H](C(=O)N1CCC[C@H]1c1ncc(-c2ccc(-c3ccc4cc(-c5cnc(C6CCCC6)[nH]5)ccc4c3)cc2)[nH]1)C(C)C.COC(=O)N[C@H](C(=O)N1CCC[C@H]1c1ncc(-c2ccc(-c3ccc4cc(-c5cnc([C@@H]6CCCN6C(=O)[C@H](NC(=O)OC)c6ccccc6)[nH]5)ccc4c3)cc2)[nH]1)C(C)C. The molecule has 0 unspecified atom stereocenters. The summed E-state index contributed by atoms with van der Waals surface area (Å²) in [4.78, 5) is 137. The number of H-pyrrole nitrogens is 4. The number of aliphatic carboxylic acids is 1. The molecule has 12 aromatic rings. The van der Waals surface area contributed by atoms with E-state index in [1.807, 2.05) is 92.6 Å². The Hall–Kier alpha value is -13.7. The van der Waals surface area contributed by atoms with Crippen molar-refractivity contribution in [2.45, 2.75) is 154 Å². The third-order valence-electron chi connectivity index (χ3n) is 23.7. The average Bonchev–Trinajstić information content (AvgIpc) is 1.48. The Morgan fingerprint density at radius 1 is 0.387 bits per heavy atom. The van der Waals surface area contributed by atoms with Crippen molar-refractivity contribution in [3.05, 3.63) is 241 Å². The minimum Gasteiger partial charge on any atom is -0.481 e. The number of aromatic amines is 4. The van der Waals surface area contributed by atoms with Crippen LogP contribution in [0.1, 0.15) is 176 Å². The Kier molecular flexibility index (Phi) is 28.6. The fourth-order valence-corrected chi connectivity index (χ4v) is 17.0. The second-order valence-corrected chi connectivity index (χ2v) is 32.3. The number of nitrogens with zero attached hydrogens (tertiary/aromatic N) is 7. The van der Waals surface area contributed by atoms with Gasteiger partial charge in [0.15, 0.2) is 0 Å². The number of methoxy groups -OCH3 is 4. The van der Waals surface area contributed by atoms with E-state index < -0.39 is 54.3 Å². The zero-order valence-corrected chi connectivity index (χ0v) is 70.3. The predicted octanol–water partition coefficient (Wildman–Crippen LogP) is 18.1.